The van der Waals surface area contributed by atoms with Gasteiger partial charge in [-0.3, -0.25) is 0 Å². The molecule has 246 valence electrons. The fourth-order valence-corrected chi connectivity index (χ4v) is 15.8. The van der Waals surface area contributed by atoms with Gasteiger partial charge in [-0.15, -0.1) is 0 Å². The van der Waals surface area contributed by atoms with Crippen LogP contribution >= 0.6 is 14.3 Å². The molecule has 0 aliphatic carbocycles. The van der Waals surface area contributed by atoms with E-state index in [9.17, 15) is 0 Å². The molecule has 10 heteroatoms. The predicted octanol–water partition coefficient (Wildman–Crippen LogP) is 8.95. The van der Waals surface area contributed by atoms with Gasteiger partial charge in [0, 0.05) is 11.4 Å². The normalized spacial score (nSPS) is 16.7. The van der Waals surface area contributed by atoms with Gasteiger partial charge in [0.15, 0.2) is 37.3 Å². The number of benzene rings is 7. The molecule has 0 atom stereocenters. The van der Waals surface area contributed by atoms with Gasteiger partial charge in [0.25, 0.3) is 0 Å². The first kappa shape index (κ1) is 27.5. The van der Waals surface area contributed by atoms with Crippen molar-refractivity contribution in [2.75, 3.05) is 9.80 Å². The van der Waals surface area contributed by atoms with Crippen LogP contribution in [0.2, 0.25) is 0 Å². The lowest BCUT2D eigenvalue weighted by atomic mass is 10.1. The summed E-state index contributed by atoms with van der Waals surface area (Å²) in [6, 6.07) is 43.0. The maximum Gasteiger partial charge on any atom is 0.190 e. The van der Waals surface area contributed by atoms with Crippen LogP contribution in [0.3, 0.4) is 0 Å². The van der Waals surface area contributed by atoms with Crippen LogP contribution in [-0.4, -0.2) is 0 Å². The number of hydrogen-bond donors (Lipinski definition) is 0. The summed E-state index contributed by atoms with van der Waals surface area (Å²) in [6.07, 6.45) is 0. The quantitative estimate of drug-likeness (QED) is 0.165. The Morgan fingerprint density at radius 1 is 0.327 bits per heavy atom. The molecule has 0 saturated heterocycles. The van der Waals surface area contributed by atoms with E-state index < -0.39 is 14.3 Å². The summed E-state index contributed by atoms with van der Waals surface area (Å²) in [6.45, 7) is 0. The number of anilines is 6. The van der Waals surface area contributed by atoms with Crippen molar-refractivity contribution in [3.8, 4) is 46.0 Å². The van der Waals surface area contributed by atoms with E-state index in [-0.39, 0.29) is 23.0 Å². The van der Waals surface area contributed by atoms with E-state index in [1.165, 1.54) is 0 Å². The van der Waals surface area contributed by atoms with E-state index >= 15 is 9.13 Å². The number of fused-ring (bicyclic) bond motifs is 2. The van der Waals surface area contributed by atoms with Crippen molar-refractivity contribution in [2.24, 2.45) is 0 Å². The molecule has 0 fully saturated rings. The van der Waals surface area contributed by atoms with Crippen LogP contribution in [0.25, 0.3) is 0 Å². The highest BCUT2D eigenvalue weighted by atomic mass is 31.2. The van der Waals surface area contributed by atoms with Crippen LogP contribution in [0.5, 0.6) is 46.0 Å². The molecule has 0 spiro atoms. The van der Waals surface area contributed by atoms with E-state index in [2.05, 4.69) is 9.80 Å². The van der Waals surface area contributed by atoms with Gasteiger partial charge in [-0.2, -0.15) is 0 Å². The topological polar surface area (TPSA) is 77.5 Å². The smallest absolute Gasteiger partial charge is 0.190 e. The summed E-state index contributed by atoms with van der Waals surface area (Å²) in [5.74, 6) is 2.81. The predicted molar refractivity (Wildman–Crippen MR) is 202 cm³/mol. The molecule has 6 aliphatic heterocycles. The van der Waals surface area contributed by atoms with Gasteiger partial charge in [0.2, 0.25) is 0 Å². The monoisotopic (exact) mass is 712 g/mol. The summed E-state index contributed by atoms with van der Waals surface area (Å²) in [7, 11) is -7.43. The Morgan fingerprint density at radius 2 is 0.615 bits per heavy atom. The third-order valence-corrected chi connectivity index (χ3v) is 17.3. The molecule has 7 aromatic carbocycles. The Labute approximate surface area is 296 Å². The van der Waals surface area contributed by atoms with Crippen molar-refractivity contribution in [3.05, 3.63) is 133 Å². The maximum absolute atomic E-state index is 16.5. The van der Waals surface area contributed by atoms with Gasteiger partial charge >= 0.3 is 0 Å². The molecular weight excluding hydrogens is 690 g/mol. The molecule has 52 heavy (non-hydrogen) atoms. The van der Waals surface area contributed by atoms with E-state index in [1.54, 1.807) is 0 Å². The molecular formula is C42H22N2O6P2. The van der Waals surface area contributed by atoms with Gasteiger partial charge in [0.1, 0.15) is 33.6 Å². The number of rotatable bonds is 2. The highest BCUT2D eigenvalue weighted by molar-refractivity contribution is 7.88. The highest BCUT2D eigenvalue weighted by Crippen LogP contribution is 2.72. The number of para-hydroxylation sites is 2. The molecule has 0 saturated carbocycles. The second kappa shape index (κ2) is 8.99. The lowest BCUT2D eigenvalue weighted by Gasteiger charge is -2.47. The summed E-state index contributed by atoms with van der Waals surface area (Å²) in [4.78, 5) is 4.22. The Kier molecular flexibility index (Phi) is 4.75. The molecule has 6 aliphatic rings. The van der Waals surface area contributed by atoms with Crippen molar-refractivity contribution < 1.29 is 28.1 Å². The van der Waals surface area contributed by atoms with Gasteiger partial charge in [-0.1, -0.05) is 60.7 Å². The third kappa shape index (κ3) is 2.92. The van der Waals surface area contributed by atoms with E-state index in [1.807, 2.05) is 133 Å². The summed E-state index contributed by atoms with van der Waals surface area (Å²) < 4.78 is 60.4. The molecule has 0 unspecified atom stereocenters. The molecule has 0 bridgehead atoms. The summed E-state index contributed by atoms with van der Waals surface area (Å²) >= 11 is 0. The van der Waals surface area contributed by atoms with E-state index in [0.29, 0.717) is 54.8 Å². The maximum atomic E-state index is 16.5. The van der Waals surface area contributed by atoms with Crippen molar-refractivity contribution in [3.63, 3.8) is 0 Å². The van der Waals surface area contributed by atoms with Crippen LogP contribution < -0.4 is 60.6 Å². The summed E-state index contributed by atoms with van der Waals surface area (Å²) in [5.41, 5.74) is 4.87. The second-order valence-electron chi connectivity index (χ2n) is 13.5. The van der Waals surface area contributed by atoms with Crippen LogP contribution in [0, 0.1) is 0 Å². The van der Waals surface area contributed by atoms with Crippen LogP contribution in [0.15, 0.2) is 133 Å². The summed E-state index contributed by atoms with van der Waals surface area (Å²) in [5, 5.41) is 3.07. The first-order valence-corrected chi connectivity index (χ1v) is 20.4. The largest absolute Gasteiger partial charge is 0.452 e. The zero-order valence-electron chi connectivity index (χ0n) is 26.9. The molecule has 0 radical (unpaired) electrons. The fourth-order valence-electron chi connectivity index (χ4n) is 9.03. The van der Waals surface area contributed by atoms with Gasteiger partial charge in [-0.25, -0.2) is 0 Å². The Hall–Kier alpha value is -6.20. The van der Waals surface area contributed by atoms with Crippen molar-refractivity contribution >= 4 is 80.2 Å². The van der Waals surface area contributed by atoms with Crippen molar-refractivity contribution in [1.29, 1.82) is 0 Å². The van der Waals surface area contributed by atoms with E-state index in [4.69, 9.17) is 18.9 Å². The average molecular weight is 713 g/mol. The SMILES string of the molecule is O=P12c3c4cccc3N(c3ccccc3)c3cccc(c31)Oc1c3c5c(c(c12)O4)Oc1cccc2c1P5(=O)c1c(cccc1N2c1ccccc1)O3. The van der Waals surface area contributed by atoms with Crippen molar-refractivity contribution in [1.82, 2.24) is 0 Å². The lowest BCUT2D eigenvalue weighted by molar-refractivity contribution is 0.395. The molecule has 0 amide bonds. The van der Waals surface area contributed by atoms with Crippen molar-refractivity contribution in [2.45, 2.75) is 0 Å². The fraction of sp³-hybridized carbons (Fsp3) is 0. The van der Waals surface area contributed by atoms with Crippen LogP contribution in [-0.2, 0) is 9.13 Å². The minimum absolute atomic E-state index is 0.247. The molecule has 0 aromatic heterocycles. The lowest BCUT2D eigenvalue weighted by Crippen LogP contribution is -2.46. The average Bonchev–Trinajstić information content (AvgIpc) is 3.17. The zero-order valence-corrected chi connectivity index (χ0v) is 28.7. The second-order valence-corrected chi connectivity index (χ2v) is 18.6. The van der Waals surface area contributed by atoms with Gasteiger partial charge in [0.05, 0.1) is 44.0 Å². The Balaban J connectivity index is 1.15. The Bertz CT molecular complexity index is 2600. The van der Waals surface area contributed by atoms with Gasteiger partial charge < -0.3 is 37.9 Å². The third-order valence-electron chi connectivity index (χ3n) is 10.9. The minimum atomic E-state index is -3.71. The standard InChI is InChI=1S/C42H22N2O6P2/c45-51-37-25-15-7-19-29(37)47-33-35-42-36(34(41(33)51)48-30-20-8-16-26(38(30)51)43(25)23-11-3-1-4-12-23)50-32-22-10-18-28-40(32)52(42,46)39-27(17-9-21-31(39)49-35)44(28)24-13-5-2-6-14-24/h1-22H. The number of hydrogen-bond acceptors (Lipinski definition) is 8. The number of nitrogens with zero attached hydrogens (tertiary/aromatic N) is 2. The van der Waals surface area contributed by atoms with Crippen LogP contribution in [0.4, 0.5) is 34.1 Å². The zero-order chi connectivity index (χ0) is 34.1. The molecule has 13 rings (SSSR count). The minimum Gasteiger partial charge on any atom is -0.452 e. The first-order chi connectivity index (χ1) is 25.6. The number of ether oxygens (including phenoxy) is 4. The Morgan fingerprint density at radius 3 is 0.904 bits per heavy atom. The highest BCUT2D eigenvalue weighted by Gasteiger charge is 2.60. The molecule has 0 N–H and O–H groups in total. The van der Waals surface area contributed by atoms with Gasteiger partial charge in [-0.05, 0) is 72.8 Å². The van der Waals surface area contributed by atoms with Crippen LogP contribution in [0.1, 0.15) is 0 Å². The molecule has 8 nitrogen and oxygen atoms in total. The molecule has 6 heterocycles. The molecule has 7 aromatic rings. The van der Waals surface area contributed by atoms with E-state index in [0.717, 1.165) is 34.1 Å². The first-order valence-electron chi connectivity index (χ1n) is 17.0.